The molecule has 7 aromatic carbocycles. The molecule has 12 aromatic rings. The van der Waals surface area contributed by atoms with Crippen LogP contribution in [0.3, 0.4) is 0 Å². The Balaban J connectivity index is 1.05. The fourth-order valence-electron chi connectivity index (χ4n) is 8.49. The van der Waals surface area contributed by atoms with E-state index < -0.39 is 0 Å². The summed E-state index contributed by atoms with van der Waals surface area (Å²) < 4.78 is 11.0. The molecule has 0 aliphatic heterocycles. The summed E-state index contributed by atoms with van der Waals surface area (Å²) in [4.78, 5) is 15.4. The number of hydrogen-bond donors (Lipinski definition) is 0. The summed E-state index contributed by atoms with van der Waals surface area (Å²) in [6, 6.07) is 59.5. The Kier molecular flexibility index (Phi) is 6.24. The second-order valence-electron chi connectivity index (χ2n) is 14.1. The van der Waals surface area contributed by atoms with Crippen LogP contribution in [0.2, 0.25) is 0 Å². The number of fused-ring (bicyclic) bond motifs is 10. The molecule has 6 heteroatoms. The van der Waals surface area contributed by atoms with Crippen LogP contribution in [0.1, 0.15) is 0 Å². The molecule has 55 heavy (non-hydrogen) atoms. The molecule has 0 aliphatic carbocycles. The van der Waals surface area contributed by atoms with Crippen molar-refractivity contribution in [3.8, 4) is 34.2 Å². The molecule has 0 bridgehead atoms. The van der Waals surface area contributed by atoms with E-state index in [1.165, 1.54) is 26.9 Å². The van der Waals surface area contributed by atoms with E-state index in [1.807, 2.05) is 24.4 Å². The molecule has 0 aliphatic rings. The molecule has 5 aromatic heterocycles. The summed E-state index contributed by atoms with van der Waals surface area (Å²) in [5.41, 5.74) is 9.59. The maximum Gasteiger partial charge on any atom is 0.231 e. The first kappa shape index (κ1) is 29.9. The molecule has 0 fully saturated rings. The summed E-state index contributed by atoms with van der Waals surface area (Å²) in [7, 11) is 0. The van der Waals surface area contributed by atoms with Crippen molar-refractivity contribution in [2.75, 3.05) is 0 Å². The van der Waals surface area contributed by atoms with Crippen LogP contribution in [0.15, 0.2) is 180 Å². The van der Waals surface area contributed by atoms with E-state index in [-0.39, 0.29) is 0 Å². The van der Waals surface area contributed by atoms with Crippen LogP contribution in [0.4, 0.5) is 0 Å². The van der Waals surface area contributed by atoms with Crippen molar-refractivity contribution in [1.82, 2.24) is 24.1 Å². The van der Waals surface area contributed by atoms with E-state index in [9.17, 15) is 0 Å². The average molecular weight is 704 g/mol. The van der Waals surface area contributed by atoms with Crippen LogP contribution in [0.5, 0.6) is 0 Å². The summed E-state index contributed by atoms with van der Waals surface area (Å²) in [5.74, 6) is 1.39. The quantitative estimate of drug-likeness (QED) is 0.183. The standard InChI is InChI=1S/C49H29N5O/c1-2-14-34(15-3-1)53-40-19-9-6-16-35(40)38-27-32(22-24-42(38)53)47-46-37-18-8-11-21-44(37)55-49(46)52-48(51-47)33-23-25-45(50-29-33)54-41-20-10-7-17-36(41)39-26-30-12-4-5-13-31(30)28-43(39)54/h1-29H. The van der Waals surface area contributed by atoms with Gasteiger partial charge in [0.15, 0.2) is 5.82 Å². The first-order valence-corrected chi connectivity index (χ1v) is 18.4. The van der Waals surface area contributed by atoms with Crippen molar-refractivity contribution < 1.29 is 4.42 Å². The molecule has 0 spiro atoms. The van der Waals surface area contributed by atoms with Gasteiger partial charge in [-0.05, 0) is 77.5 Å². The van der Waals surface area contributed by atoms with Crippen LogP contribution in [-0.2, 0) is 0 Å². The van der Waals surface area contributed by atoms with Gasteiger partial charge in [-0.3, -0.25) is 4.57 Å². The maximum atomic E-state index is 6.43. The van der Waals surface area contributed by atoms with Crippen LogP contribution >= 0.6 is 0 Å². The molecule has 0 N–H and O–H groups in total. The van der Waals surface area contributed by atoms with E-state index in [0.717, 1.165) is 72.1 Å². The molecule has 0 unspecified atom stereocenters. The monoisotopic (exact) mass is 703 g/mol. The molecule has 5 heterocycles. The SMILES string of the molecule is c1ccc(-n2c3ccccc3c3cc(-c4nc(-c5ccc(-n6c7ccccc7c7cc8ccccc8cc76)nc5)nc5oc6ccccc6c45)ccc32)cc1. The minimum atomic E-state index is 0.548. The first-order chi connectivity index (χ1) is 27.3. The number of pyridine rings is 1. The molecule has 0 saturated carbocycles. The van der Waals surface area contributed by atoms with Gasteiger partial charge in [0.1, 0.15) is 11.4 Å². The van der Waals surface area contributed by atoms with Crippen molar-refractivity contribution in [1.29, 1.82) is 0 Å². The largest absolute Gasteiger partial charge is 0.438 e. The van der Waals surface area contributed by atoms with E-state index in [1.54, 1.807) is 0 Å². The van der Waals surface area contributed by atoms with Gasteiger partial charge in [0.05, 0.1) is 33.1 Å². The van der Waals surface area contributed by atoms with Crippen LogP contribution in [0.25, 0.3) is 111 Å². The van der Waals surface area contributed by atoms with E-state index in [4.69, 9.17) is 19.4 Å². The Morgan fingerprint density at radius 1 is 0.436 bits per heavy atom. The Labute approximate surface area is 314 Å². The van der Waals surface area contributed by atoms with Crippen molar-refractivity contribution >= 4 is 76.5 Å². The number of nitrogens with zero attached hydrogens (tertiary/aromatic N) is 5. The zero-order valence-corrected chi connectivity index (χ0v) is 29.4. The zero-order valence-electron chi connectivity index (χ0n) is 29.4. The molecule has 0 radical (unpaired) electrons. The van der Waals surface area contributed by atoms with Gasteiger partial charge in [-0.15, -0.1) is 0 Å². The van der Waals surface area contributed by atoms with Crippen LogP contribution in [0, 0.1) is 0 Å². The van der Waals surface area contributed by atoms with E-state index >= 15 is 0 Å². The highest BCUT2D eigenvalue weighted by Crippen LogP contribution is 2.40. The Bertz CT molecular complexity index is 3480. The molecule has 6 nitrogen and oxygen atoms in total. The van der Waals surface area contributed by atoms with E-state index in [0.29, 0.717) is 11.5 Å². The second kappa shape index (κ2) is 11.5. The van der Waals surface area contributed by atoms with Gasteiger partial charge in [-0.1, -0.05) is 103 Å². The number of rotatable bonds is 4. The molecule has 256 valence electrons. The number of para-hydroxylation sites is 4. The van der Waals surface area contributed by atoms with Crippen molar-refractivity contribution in [2.45, 2.75) is 0 Å². The minimum absolute atomic E-state index is 0.548. The lowest BCUT2D eigenvalue weighted by atomic mass is 10.0. The highest BCUT2D eigenvalue weighted by molar-refractivity contribution is 6.15. The summed E-state index contributed by atoms with van der Waals surface area (Å²) >= 11 is 0. The van der Waals surface area contributed by atoms with Crippen LogP contribution in [-0.4, -0.2) is 24.1 Å². The summed E-state index contributed by atoms with van der Waals surface area (Å²) in [6.07, 6.45) is 1.88. The van der Waals surface area contributed by atoms with Gasteiger partial charge < -0.3 is 8.98 Å². The molecular weight excluding hydrogens is 675 g/mol. The normalized spacial score (nSPS) is 12.0. The second-order valence-corrected chi connectivity index (χ2v) is 14.1. The Morgan fingerprint density at radius 2 is 1.07 bits per heavy atom. The predicted octanol–water partition coefficient (Wildman–Crippen LogP) is 12.5. The summed E-state index contributed by atoms with van der Waals surface area (Å²) in [5, 5.41) is 9.03. The minimum Gasteiger partial charge on any atom is -0.438 e. The van der Waals surface area contributed by atoms with Crippen molar-refractivity contribution in [3.63, 3.8) is 0 Å². The number of aromatic nitrogens is 5. The van der Waals surface area contributed by atoms with Gasteiger partial charge in [0, 0.05) is 49.9 Å². The first-order valence-electron chi connectivity index (χ1n) is 18.4. The van der Waals surface area contributed by atoms with Crippen molar-refractivity contribution in [3.05, 3.63) is 176 Å². The maximum absolute atomic E-state index is 6.43. The van der Waals surface area contributed by atoms with Gasteiger partial charge in [0.2, 0.25) is 5.71 Å². The Morgan fingerprint density at radius 3 is 1.85 bits per heavy atom. The molecule has 12 rings (SSSR count). The highest BCUT2D eigenvalue weighted by Gasteiger charge is 2.21. The third kappa shape index (κ3) is 4.46. The smallest absolute Gasteiger partial charge is 0.231 e. The van der Waals surface area contributed by atoms with Gasteiger partial charge in [0.25, 0.3) is 0 Å². The lowest BCUT2D eigenvalue weighted by Crippen LogP contribution is -1.99. The van der Waals surface area contributed by atoms with Gasteiger partial charge in [-0.25, -0.2) is 9.97 Å². The molecule has 0 saturated heterocycles. The average Bonchev–Trinajstić information content (AvgIpc) is 3.90. The molecule has 0 amide bonds. The lowest BCUT2D eigenvalue weighted by molar-refractivity contribution is 0.653. The van der Waals surface area contributed by atoms with E-state index in [2.05, 4.69) is 161 Å². The highest BCUT2D eigenvalue weighted by atomic mass is 16.3. The number of benzene rings is 7. The molecule has 0 atom stereocenters. The topological polar surface area (TPSA) is 61.7 Å². The van der Waals surface area contributed by atoms with Crippen LogP contribution < -0.4 is 0 Å². The third-order valence-electron chi connectivity index (χ3n) is 11.0. The third-order valence-corrected chi connectivity index (χ3v) is 11.0. The fraction of sp³-hybridized carbons (Fsp3) is 0. The number of hydrogen-bond acceptors (Lipinski definition) is 4. The zero-order chi connectivity index (χ0) is 36.0. The summed E-state index contributed by atoms with van der Waals surface area (Å²) in [6.45, 7) is 0. The van der Waals surface area contributed by atoms with Crippen molar-refractivity contribution in [2.24, 2.45) is 0 Å². The fourth-order valence-corrected chi connectivity index (χ4v) is 8.49. The lowest BCUT2D eigenvalue weighted by Gasteiger charge is -2.10. The Hall–Kier alpha value is -7.57. The van der Waals surface area contributed by atoms with Gasteiger partial charge in [-0.2, -0.15) is 4.98 Å². The van der Waals surface area contributed by atoms with Gasteiger partial charge >= 0.3 is 0 Å². The predicted molar refractivity (Wildman–Crippen MR) is 224 cm³/mol. The number of furan rings is 1. The molecular formula is C49H29N5O.